The zero-order valence-electron chi connectivity index (χ0n) is 23.2. The van der Waals surface area contributed by atoms with Gasteiger partial charge in [-0.2, -0.15) is 5.10 Å². The summed E-state index contributed by atoms with van der Waals surface area (Å²) in [6.45, 7) is 6.18. The number of hydrogen-bond donors (Lipinski definition) is 1. The van der Waals surface area contributed by atoms with Crippen molar-refractivity contribution in [2.24, 2.45) is 7.05 Å². The summed E-state index contributed by atoms with van der Waals surface area (Å²) in [4.78, 5) is 30.1. The summed E-state index contributed by atoms with van der Waals surface area (Å²) in [6, 6.07) is 14.3. The van der Waals surface area contributed by atoms with Gasteiger partial charge < -0.3 is 14.8 Å². The Kier molecular flexibility index (Phi) is 7.91. The van der Waals surface area contributed by atoms with E-state index in [2.05, 4.69) is 24.3 Å². The van der Waals surface area contributed by atoms with Crippen LogP contribution in [0, 0.1) is 6.92 Å². The van der Waals surface area contributed by atoms with Crippen molar-refractivity contribution in [3.63, 3.8) is 0 Å². The third-order valence-electron chi connectivity index (χ3n) is 7.66. The van der Waals surface area contributed by atoms with Crippen molar-refractivity contribution in [2.45, 2.75) is 77.0 Å². The number of rotatable bonds is 7. The molecule has 1 saturated carbocycles. The maximum Gasteiger partial charge on any atom is 0.272 e. The van der Waals surface area contributed by atoms with Gasteiger partial charge in [0, 0.05) is 30.5 Å². The number of para-hydroxylation sites is 2. The Hall–Kier alpha value is -3.81. The highest BCUT2D eigenvalue weighted by Gasteiger charge is 2.41. The molecular weight excluding hydrogens is 492 g/mol. The minimum atomic E-state index is -0.918. The molecule has 0 bridgehead atoms. The second-order valence-corrected chi connectivity index (χ2v) is 10.9. The summed E-state index contributed by atoms with van der Waals surface area (Å²) in [6.07, 6.45) is 6.17. The maximum absolute atomic E-state index is 14.4. The SMILES string of the molecule is Cc1nn(C)cc1[C@@H](C(=O)NC1CCCCC1)N(C(=O)[C@H]1COc2ccccc2O1)c1ccc(C(C)C)cc1. The van der Waals surface area contributed by atoms with Crippen molar-refractivity contribution < 1.29 is 19.1 Å². The lowest BCUT2D eigenvalue weighted by molar-refractivity contribution is -0.132. The number of nitrogens with one attached hydrogen (secondary N) is 1. The van der Waals surface area contributed by atoms with E-state index >= 15 is 0 Å². The zero-order valence-corrected chi connectivity index (χ0v) is 23.2. The molecule has 1 aromatic heterocycles. The quantitative estimate of drug-likeness (QED) is 0.453. The molecule has 2 aliphatic rings. The van der Waals surface area contributed by atoms with E-state index in [9.17, 15) is 9.59 Å². The summed E-state index contributed by atoms with van der Waals surface area (Å²) in [7, 11) is 1.82. The van der Waals surface area contributed by atoms with Crippen molar-refractivity contribution in [3.8, 4) is 11.5 Å². The van der Waals surface area contributed by atoms with Gasteiger partial charge in [-0.05, 0) is 55.5 Å². The molecule has 2 heterocycles. The minimum Gasteiger partial charge on any atom is -0.485 e. The molecule has 0 radical (unpaired) electrons. The lowest BCUT2D eigenvalue weighted by atomic mass is 9.94. The molecule has 2 aromatic carbocycles. The van der Waals surface area contributed by atoms with Gasteiger partial charge in [-0.25, -0.2) is 0 Å². The topological polar surface area (TPSA) is 85.7 Å². The number of nitrogens with zero attached hydrogens (tertiary/aromatic N) is 3. The Labute approximate surface area is 230 Å². The first kappa shape index (κ1) is 26.8. The van der Waals surface area contributed by atoms with Crippen LogP contribution in [0.4, 0.5) is 5.69 Å². The molecule has 0 unspecified atom stereocenters. The number of anilines is 1. The van der Waals surface area contributed by atoms with Crippen molar-refractivity contribution in [1.29, 1.82) is 0 Å². The van der Waals surface area contributed by atoms with Crippen LogP contribution in [0.25, 0.3) is 0 Å². The van der Waals surface area contributed by atoms with E-state index < -0.39 is 12.1 Å². The molecule has 0 spiro atoms. The highest BCUT2D eigenvalue weighted by Crippen LogP contribution is 2.35. The molecular formula is C31H38N4O4. The lowest BCUT2D eigenvalue weighted by Crippen LogP contribution is -2.52. The smallest absolute Gasteiger partial charge is 0.272 e. The first-order valence-corrected chi connectivity index (χ1v) is 13.9. The first-order chi connectivity index (χ1) is 18.8. The zero-order chi connectivity index (χ0) is 27.5. The fraction of sp³-hybridized carbons (Fsp3) is 0.452. The normalized spacial score (nSPS) is 18.0. The van der Waals surface area contributed by atoms with E-state index in [0.717, 1.165) is 31.2 Å². The fourth-order valence-corrected chi connectivity index (χ4v) is 5.53. The maximum atomic E-state index is 14.4. The van der Waals surface area contributed by atoms with E-state index in [1.807, 2.05) is 62.6 Å². The molecule has 8 nitrogen and oxygen atoms in total. The van der Waals surface area contributed by atoms with Crippen molar-refractivity contribution in [1.82, 2.24) is 15.1 Å². The molecule has 0 saturated heterocycles. The third-order valence-corrected chi connectivity index (χ3v) is 7.66. The van der Waals surface area contributed by atoms with Gasteiger partial charge in [0.2, 0.25) is 12.0 Å². The Bertz CT molecular complexity index is 1310. The van der Waals surface area contributed by atoms with Gasteiger partial charge >= 0.3 is 0 Å². The summed E-state index contributed by atoms with van der Waals surface area (Å²) in [5.74, 6) is 0.896. The number of carbonyl (C=O) groups excluding carboxylic acids is 2. The minimum absolute atomic E-state index is 0.0550. The average Bonchev–Trinajstić information content (AvgIpc) is 3.28. The fourth-order valence-electron chi connectivity index (χ4n) is 5.53. The first-order valence-electron chi connectivity index (χ1n) is 13.9. The monoisotopic (exact) mass is 530 g/mol. The van der Waals surface area contributed by atoms with Gasteiger partial charge in [0.25, 0.3) is 5.91 Å². The summed E-state index contributed by atoms with van der Waals surface area (Å²) < 4.78 is 13.7. The van der Waals surface area contributed by atoms with E-state index in [1.165, 1.54) is 6.42 Å². The summed E-state index contributed by atoms with van der Waals surface area (Å²) >= 11 is 0. The molecule has 39 heavy (non-hydrogen) atoms. The van der Waals surface area contributed by atoms with Crippen molar-refractivity contribution in [2.75, 3.05) is 11.5 Å². The summed E-state index contributed by atoms with van der Waals surface area (Å²) in [5.41, 5.74) is 3.16. The van der Waals surface area contributed by atoms with Crippen LogP contribution >= 0.6 is 0 Å². The van der Waals surface area contributed by atoms with Gasteiger partial charge in [0.15, 0.2) is 11.5 Å². The number of benzene rings is 2. The van der Waals surface area contributed by atoms with Crippen LogP contribution in [0.3, 0.4) is 0 Å². The van der Waals surface area contributed by atoms with E-state index in [-0.39, 0.29) is 24.5 Å². The molecule has 3 aromatic rings. The Morgan fingerprint density at radius 2 is 1.72 bits per heavy atom. The van der Waals surface area contributed by atoms with Gasteiger partial charge in [-0.1, -0.05) is 57.4 Å². The van der Waals surface area contributed by atoms with Crippen LogP contribution in [-0.2, 0) is 16.6 Å². The van der Waals surface area contributed by atoms with Crippen molar-refractivity contribution >= 4 is 17.5 Å². The Morgan fingerprint density at radius 3 is 2.36 bits per heavy atom. The summed E-state index contributed by atoms with van der Waals surface area (Å²) in [5, 5.41) is 7.78. The van der Waals surface area contributed by atoms with Gasteiger partial charge in [-0.15, -0.1) is 0 Å². The molecule has 1 N–H and O–H groups in total. The van der Waals surface area contributed by atoms with E-state index in [4.69, 9.17) is 9.47 Å². The molecule has 206 valence electrons. The molecule has 1 aliphatic carbocycles. The van der Waals surface area contributed by atoms with E-state index in [0.29, 0.717) is 34.4 Å². The highest BCUT2D eigenvalue weighted by molar-refractivity contribution is 6.03. The molecule has 1 aliphatic heterocycles. The predicted molar refractivity (Wildman–Crippen MR) is 150 cm³/mol. The number of hydrogen-bond acceptors (Lipinski definition) is 5. The van der Waals surface area contributed by atoms with Crippen LogP contribution in [0.1, 0.15) is 74.7 Å². The number of amides is 2. The van der Waals surface area contributed by atoms with Crippen LogP contribution in [0.5, 0.6) is 11.5 Å². The third kappa shape index (κ3) is 5.79. The van der Waals surface area contributed by atoms with Crippen LogP contribution in [0.15, 0.2) is 54.7 Å². The number of ether oxygens (including phenoxy) is 2. The molecule has 1 fully saturated rings. The standard InChI is InChI=1S/C31H38N4O4/c1-20(2)22-14-16-24(17-15-22)35(31(37)28-19-38-26-12-8-9-13-27(26)39-28)29(25-18-34(4)33-21(25)3)30(36)32-23-10-6-5-7-11-23/h8-9,12-18,20,23,28-29H,5-7,10-11,19H2,1-4H3,(H,32,36)/t28-,29+/m1/s1. The lowest BCUT2D eigenvalue weighted by Gasteiger charge is -2.36. The predicted octanol–water partition coefficient (Wildman–Crippen LogP) is 5.22. The van der Waals surface area contributed by atoms with E-state index in [1.54, 1.807) is 15.6 Å². The number of fused-ring (bicyclic) bond motifs is 1. The largest absolute Gasteiger partial charge is 0.485 e. The number of aryl methyl sites for hydroxylation is 2. The number of carbonyl (C=O) groups is 2. The molecule has 2 atom stereocenters. The Morgan fingerprint density at radius 1 is 1.03 bits per heavy atom. The van der Waals surface area contributed by atoms with Crippen molar-refractivity contribution in [3.05, 3.63) is 71.5 Å². The Balaban J connectivity index is 1.56. The molecule has 8 heteroatoms. The number of aromatic nitrogens is 2. The van der Waals surface area contributed by atoms with Gasteiger partial charge in [0.1, 0.15) is 12.6 Å². The second kappa shape index (κ2) is 11.5. The van der Waals surface area contributed by atoms with Crippen LogP contribution in [-0.4, -0.2) is 40.3 Å². The van der Waals surface area contributed by atoms with Crippen LogP contribution < -0.4 is 19.7 Å². The van der Waals surface area contributed by atoms with Gasteiger partial charge in [-0.3, -0.25) is 19.2 Å². The molecule has 5 rings (SSSR count). The van der Waals surface area contributed by atoms with Crippen LogP contribution in [0.2, 0.25) is 0 Å². The highest BCUT2D eigenvalue weighted by atomic mass is 16.6. The second-order valence-electron chi connectivity index (χ2n) is 10.9. The van der Waals surface area contributed by atoms with Gasteiger partial charge in [0.05, 0.1) is 5.69 Å². The average molecular weight is 531 g/mol. The molecule has 2 amide bonds.